The molecule has 2 aliphatic rings. The van der Waals surface area contributed by atoms with Crippen LogP contribution in [-0.4, -0.2) is 47.7 Å². The zero-order valence-corrected chi connectivity index (χ0v) is 14.7. The second kappa shape index (κ2) is 6.16. The van der Waals surface area contributed by atoms with Crippen LogP contribution in [0.15, 0.2) is 36.7 Å². The van der Waals surface area contributed by atoms with E-state index in [1.807, 2.05) is 16.9 Å². The summed E-state index contributed by atoms with van der Waals surface area (Å²) in [6.45, 7) is 3.12. The van der Waals surface area contributed by atoms with Gasteiger partial charge >= 0.3 is 0 Å². The topological polar surface area (TPSA) is 67.1 Å². The third-order valence-corrected chi connectivity index (χ3v) is 6.33. The Morgan fingerprint density at radius 1 is 1.12 bits per heavy atom. The van der Waals surface area contributed by atoms with E-state index in [1.165, 1.54) is 17.3 Å². The van der Waals surface area contributed by atoms with Gasteiger partial charge in [0.1, 0.15) is 11.0 Å². The predicted octanol–water partition coefficient (Wildman–Crippen LogP) is 2.33. The molecule has 0 radical (unpaired) electrons. The van der Waals surface area contributed by atoms with Crippen molar-refractivity contribution in [3.63, 3.8) is 0 Å². The maximum absolute atomic E-state index is 10.6. The molecule has 1 aliphatic carbocycles. The van der Waals surface area contributed by atoms with E-state index in [0.717, 1.165) is 43.5 Å². The highest BCUT2D eigenvalue weighted by Crippen LogP contribution is 2.41. The SMILES string of the molecule is O[C@@H]1C[C@H]2CN(Cc3ccc4nsnc4c3)C[C@H]2C[C@H]1n1cccn1. The second-order valence-corrected chi connectivity index (χ2v) is 7.92. The standard InChI is InChI=1S/C18H21N5OS/c24-18-8-14-11-22(9-12-2-3-15-16(6-12)21-25-20-15)10-13(14)7-17(18)23-5-1-4-19-23/h1-6,13-14,17-18,24H,7-11H2/t13-,14+,17-,18-/m1/s1. The molecule has 130 valence electrons. The van der Waals surface area contributed by atoms with E-state index in [9.17, 15) is 5.11 Å². The van der Waals surface area contributed by atoms with Gasteiger partial charge < -0.3 is 5.11 Å². The first kappa shape index (κ1) is 15.4. The van der Waals surface area contributed by atoms with Crippen molar-refractivity contribution in [1.82, 2.24) is 23.4 Å². The average molecular weight is 355 g/mol. The van der Waals surface area contributed by atoms with Crippen molar-refractivity contribution in [2.75, 3.05) is 13.1 Å². The fraction of sp³-hybridized carbons (Fsp3) is 0.500. The van der Waals surface area contributed by atoms with Gasteiger partial charge in [0.2, 0.25) is 0 Å². The Morgan fingerprint density at radius 3 is 2.80 bits per heavy atom. The summed E-state index contributed by atoms with van der Waals surface area (Å²) in [5.41, 5.74) is 3.27. The smallest absolute Gasteiger partial charge is 0.105 e. The second-order valence-electron chi connectivity index (χ2n) is 7.39. The van der Waals surface area contributed by atoms with Gasteiger partial charge in [0.05, 0.1) is 23.9 Å². The van der Waals surface area contributed by atoms with Crippen LogP contribution >= 0.6 is 11.7 Å². The first-order chi connectivity index (χ1) is 12.3. The molecule has 25 heavy (non-hydrogen) atoms. The maximum atomic E-state index is 10.6. The van der Waals surface area contributed by atoms with Crippen molar-refractivity contribution >= 4 is 22.8 Å². The normalized spacial score (nSPS) is 30.0. The Morgan fingerprint density at radius 2 is 1.96 bits per heavy atom. The zero-order chi connectivity index (χ0) is 16.8. The van der Waals surface area contributed by atoms with Crippen molar-refractivity contribution in [2.24, 2.45) is 11.8 Å². The summed E-state index contributed by atoms with van der Waals surface area (Å²) >= 11 is 1.27. The van der Waals surface area contributed by atoms with E-state index in [1.54, 1.807) is 6.20 Å². The first-order valence-electron chi connectivity index (χ1n) is 8.87. The lowest BCUT2D eigenvalue weighted by atomic mass is 9.77. The number of fused-ring (bicyclic) bond motifs is 2. The third kappa shape index (κ3) is 2.86. The monoisotopic (exact) mass is 355 g/mol. The molecule has 0 amide bonds. The minimum atomic E-state index is -0.293. The molecule has 3 aromatic rings. The van der Waals surface area contributed by atoms with Gasteiger partial charge in [-0.15, -0.1) is 0 Å². The van der Waals surface area contributed by atoms with Crippen LogP contribution in [0.3, 0.4) is 0 Å². The summed E-state index contributed by atoms with van der Waals surface area (Å²) in [5, 5.41) is 14.9. The Hall–Kier alpha value is -1.83. The minimum absolute atomic E-state index is 0.119. The summed E-state index contributed by atoms with van der Waals surface area (Å²) in [6.07, 6.45) is 5.36. The summed E-state index contributed by atoms with van der Waals surface area (Å²) in [6, 6.07) is 8.43. The highest BCUT2D eigenvalue weighted by atomic mass is 32.1. The number of hydrogen-bond acceptors (Lipinski definition) is 6. The van der Waals surface area contributed by atoms with Crippen molar-refractivity contribution in [3.05, 3.63) is 42.2 Å². The molecule has 4 atom stereocenters. The predicted molar refractivity (Wildman–Crippen MR) is 96.2 cm³/mol. The van der Waals surface area contributed by atoms with E-state index in [2.05, 4.69) is 36.9 Å². The van der Waals surface area contributed by atoms with Gasteiger partial charge in [-0.1, -0.05) is 6.07 Å². The molecule has 2 fully saturated rings. The number of aromatic nitrogens is 4. The molecule has 1 saturated heterocycles. The molecule has 1 aromatic carbocycles. The van der Waals surface area contributed by atoms with Gasteiger partial charge in [-0.3, -0.25) is 9.58 Å². The number of rotatable bonds is 3. The molecule has 6 nitrogen and oxygen atoms in total. The van der Waals surface area contributed by atoms with E-state index in [0.29, 0.717) is 11.8 Å². The lowest BCUT2D eigenvalue weighted by Crippen LogP contribution is -2.36. The number of likely N-dealkylation sites (tertiary alicyclic amines) is 1. The average Bonchev–Trinajstić information content (AvgIpc) is 3.33. The molecule has 1 saturated carbocycles. The van der Waals surface area contributed by atoms with Crippen molar-refractivity contribution in [1.29, 1.82) is 0 Å². The van der Waals surface area contributed by atoms with E-state index in [-0.39, 0.29) is 12.1 Å². The number of hydrogen-bond donors (Lipinski definition) is 1. The molecule has 0 bridgehead atoms. The van der Waals surface area contributed by atoms with Crippen LogP contribution in [0.5, 0.6) is 0 Å². The Balaban J connectivity index is 1.29. The van der Waals surface area contributed by atoms with Crippen molar-refractivity contribution in [2.45, 2.75) is 31.5 Å². The molecule has 1 aliphatic heterocycles. The van der Waals surface area contributed by atoms with Crippen LogP contribution in [0.1, 0.15) is 24.4 Å². The first-order valence-corrected chi connectivity index (χ1v) is 9.60. The molecule has 1 N–H and O–H groups in total. The Labute approximate surface area is 150 Å². The molecule has 7 heteroatoms. The quantitative estimate of drug-likeness (QED) is 0.781. The van der Waals surface area contributed by atoms with Crippen LogP contribution < -0.4 is 0 Å². The molecule has 5 rings (SSSR count). The van der Waals surface area contributed by atoms with Crippen LogP contribution in [-0.2, 0) is 6.54 Å². The van der Waals surface area contributed by atoms with Crippen LogP contribution in [0, 0.1) is 11.8 Å². The maximum Gasteiger partial charge on any atom is 0.105 e. The molecular weight excluding hydrogens is 334 g/mol. The molecule has 2 aromatic heterocycles. The molecular formula is C18H21N5OS. The third-order valence-electron chi connectivity index (χ3n) is 5.77. The van der Waals surface area contributed by atoms with Crippen LogP contribution in [0.2, 0.25) is 0 Å². The van der Waals surface area contributed by atoms with Gasteiger partial charge in [0.25, 0.3) is 0 Å². The van der Waals surface area contributed by atoms with Crippen molar-refractivity contribution < 1.29 is 5.11 Å². The van der Waals surface area contributed by atoms with E-state index < -0.39 is 0 Å². The highest BCUT2D eigenvalue weighted by molar-refractivity contribution is 7.00. The van der Waals surface area contributed by atoms with Gasteiger partial charge in [-0.25, -0.2) is 0 Å². The molecule has 0 spiro atoms. The largest absolute Gasteiger partial charge is 0.391 e. The van der Waals surface area contributed by atoms with E-state index in [4.69, 9.17) is 0 Å². The highest BCUT2D eigenvalue weighted by Gasteiger charge is 2.42. The number of benzene rings is 1. The fourth-order valence-electron chi connectivity index (χ4n) is 4.58. The molecule has 0 unspecified atom stereocenters. The van der Waals surface area contributed by atoms with Crippen molar-refractivity contribution in [3.8, 4) is 0 Å². The van der Waals surface area contributed by atoms with Gasteiger partial charge in [0.15, 0.2) is 0 Å². The number of nitrogens with zero attached hydrogens (tertiary/aromatic N) is 5. The van der Waals surface area contributed by atoms with Crippen LogP contribution in [0.25, 0.3) is 11.0 Å². The summed E-state index contributed by atoms with van der Waals surface area (Å²) < 4.78 is 10.6. The van der Waals surface area contributed by atoms with Gasteiger partial charge in [0, 0.05) is 32.0 Å². The minimum Gasteiger partial charge on any atom is -0.391 e. The van der Waals surface area contributed by atoms with Gasteiger partial charge in [-0.05, 0) is 48.4 Å². The van der Waals surface area contributed by atoms with E-state index >= 15 is 0 Å². The molecule has 3 heterocycles. The lowest BCUT2D eigenvalue weighted by molar-refractivity contribution is 0.0306. The zero-order valence-electron chi connectivity index (χ0n) is 13.9. The number of aliphatic hydroxyl groups is 1. The summed E-state index contributed by atoms with van der Waals surface area (Å²) in [7, 11) is 0. The number of aliphatic hydroxyl groups excluding tert-OH is 1. The van der Waals surface area contributed by atoms with Crippen LogP contribution in [0.4, 0.5) is 0 Å². The summed E-state index contributed by atoms with van der Waals surface area (Å²) in [5.74, 6) is 1.23. The fourth-order valence-corrected chi connectivity index (χ4v) is 5.10. The summed E-state index contributed by atoms with van der Waals surface area (Å²) in [4.78, 5) is 2.52. The van der Waals surface area contributed by atoms with Gasteiger partial charge in [-0.2, -0.15) is 13.8 Å². The lowest BCUT2D eigenvalue weighted by Gasteiger charge is -2.35. The Bertz CT molecular complexity index is 863. The Kier molecular flexibility index (Phi) is 3.80.